The van der Waals surface area contributed by atoms with Crippen molar-refractivity contribution in [2.45, 2.75) is 20.3 Å². The van der Waals surface area contributed by atoms with E-state index in [4.69, 9.17) is 9.47 Å². The van der Waals surface area contributed by atoms with Crippen LogP contribution in [-0.4, -0.2) is 36.8 Å². The number of carbonyl (C=O) groups excluding carboxylic acids is 3. The van der Waals surface area contributed by atoms with Crippen LogP contribution in [0.25, 0.3) is 0 Å². The molecule has 1 atom stereocenters. The molecule has 0 fully saturated rings. The van der Waals surface area contributed by atoms with Crippen LogP contribution >= 0.6 is 0 Å². The molecule has 0 spiro atoms. The number of ether oxygens (including phenoxy) is 2. The number of carbonyl (C=O) groups is 3. The van der Waals surface area contributed by atoms with Crippen molar-refractivity contribution < 1.29 is 23.9 Å². The largest absolute Gasteiger partial charge is 0.465 e. The Morgan fingerprint density at radius 1 is 1.35 bits per heavy atom. The number of hydrazone groups is 1. The van der Waals surface area contributed by atoms with E-state index in [1.165, 1.54) is 0 Å². The molecule has 0 saturated heterocycles. The third-order valence-electron chi connectivity index (χ3n) is 2.08. The summed E-state index contributed by atoms with van der Waals surface area (Å²) >= 11 is 0. The molecule has 1 N–H and O–H groups in total. The van der Waals surface area contributed by atoms with E-state index in [0.29, 0.717) is 0 Å². The molecule has 1 heterocycles. The smallest absolute Gasteiger partial charge is 0.355 e. The van der Waals surface area contributed by atoms with Gasteiger partial charge in [-0.2, -0.15) is 5.10 Å². The molecule has 0 radical (unpaired) electrons. The highest BCUT2D eigenvalue weighted by molar-refractivity contribution is 6.41. The minimum absolute atomic E-state index is 0.120. The summed E-state index contributed by atoms with van der Waals surface area (Å²) in [7, 11) is 0. The fourth-order valence-electron chi connectivity index (χ4n) is 1.36. The predicted molar refractivity (Wildman–Crippen MR) is 57.0 cm³/mol. The van der Waals surface area contributed by atoms with Crippen molar-refractivity contribution in [2.24, 2.45) is 11.0 Å². The highest BCUT2D eigenvalue weighted by Gasteiger charge is 2.36. The van der Waals surface area contributed by atoms with E-state index >= 15 is 0 Å². The number of amides is 1. The van der Waals surface area contributed by atoms with Gasteiger partial charge in [0.15, 0.2) is 5.71 Å². The van der Waals surface area contributed by atoms with Crippen molar-refractivity contribution in [3.8, 4) is 0 Å². The summed E-state index contributed by atoms with van der Waals surface area (Å²) in [6.07, 6.45) is -0.156. The van der Waals surface area contributed by atoms with Crippen LogP contribution in [0.3, 0.4) is 0 Å². The van der Waals surface area contributed by atoms with Gasteiger partial charge in [0.05, 0.1) is 13.2 Å². The Balaban J connectivity index is 2.86. The lowest BCUT2D eigenvalue weighted by Crippen LogP contribution is -2.42. The summed E-state index contributed by atoms with van der Waals surface area (Å²) in [6.45, 7) is 3.62. The maximum Gasteiger partial charge on any atom is 0.355 e. The van der Waals surface area contributed by atoms with Gasteiger partial charge in [-0.1, -0.05) is 0 Å². The maximum atomic E-state index is 11.6. The molecule has 1 aliphatic rings. The number of nitrogens with zero attached hydrogens (tertiary/aromatic N) is 1. The normalized spacial score (nSPS) is 19.1. The number of nitrogens with one attached hydrogen (secondary N) is 1. The molecule has 0 bridgehead atoms. The van der Waals surface area contributed by atoms with Gasteiger partial charge in [-0.25, -0.2) is 10.2 Å². The average molecular weight is 242 g/mol. The Hall–Kier alpha value is -1.92. The molecule has 1 aliphatic heterocycles. The van der Waals surface area contributed by atoms with Crippen LogP contribution in [0.5, 0.6) is 0 Å². The van der Waals surface area contributed by atoms with Crippen LogP contribution in [0.1, 0.15) is 20.3 Å². The molecule has 0 saturated carbocycles. The zero-order valence-electron chi connectivity index (χ0n) is 9.69. The predicted octanol–water partition coefficient (Wildman–Crippen LogP) is -0.395. The van der Waals surface area contributed by atoms with Crippen LogP contribution in [-0.2, 0) is 23.9 Å². The summed E-state index contributed by atoms with van der Waals surface area (Å²) in [5.41, 5.74) is 2.02. The molecule has 0 aromatic rings. The van der Waals surface area contributed by atoms with E-state index in [1.807, 2.05) is 0 Å². The first-order valence-electron chi connectivity index (χ1n) is 5.30. The fraction of sp³-hybridized carbons (Fsp3) is 0.600. The Morgan fingerprint density at radius 2 is 2.00 bits per heavy atom. The lowest BCUT2D eigenvalue weighted by atomic mass is 9.98. The van der Waals surface area contributed by atoms with Crippen LogP contribution in [0.15, 0.2) is 5.10 Å². The summed E-state index contributed by atoms with van der Waals surface area (Å²) in [6, 6.07) is 0. The van der Waals surface area contributed by atoms with Crippen LogP contribution in [0.4, 0.5) is 0 Å². The number of hydrogen-bond acceptors (Lipinski definition) is 6. The molecule has 1 unspecified atom stereocenters. The summed E-state index contributed by atoms with van der Waals surface area (Å²) in [5.74, 6) is -2.78. The maximum absolute atomic E-state index is 11.6. The topological polar surface area (TPSA) is 94.1 Å². The minimum Gasteiger partial charge on any atom is -0.465 e. The lowest BCUT2D eigenvalue weighted by molar-refractivity contribution is -0.149. The SMILES string of the molecule is CCOC(=O)C1=NNC(=O)CC1C(=O)OCC. The number of rotatable bonds is 4. The van der Waals surface area contributed by atoms with Crippen LogP contribution in [0.2, 0.25) is 0 Å². The molecular formula is C10H14N2O5. The van der Waals surface area contributed by atoms with Gasteiger partial charge in [-0.15, -0.1) is 0 Å². The first kappa shape index (κ1) is 13.1. The number of hydrogen-bond donors (Lipinski definition) is 1. The van der Waals surface area contributed by atoms with Gasteiger partial charge < -0.3 is 9.47 Å². The summed E-state index contributed by atoms with van der Waals surface area (Å²) < 4.78 is 9.53. The second kappa shape index (κ2) is 5.97. The second-order valence-corrected chi connectivity index (χ2v) is 3.26. The van der Waals surface area contributed by atoms with Gasteiger partial charge in [0.1, 0.15) is 5.92 Å². The van der Waals surface area contributed by atoms with E-state index in [-0.39, 0.29) is 25.3 Å². The third kappa shape index (κ3) is 3.27. The Bertz CT molecular complexity index is 364. The molecule has 7 nitrogen and oxygen atoms in total. The molecule has 1 rings (SSSR count). The van der Waals surface area contributed by atoms with Gasteiger partial charge in [-0.3, -0.25) is 9.59 Å². The van der Waals surface area contributed by atoms with Crippen LogP contribution < -0.4 is 5.43 Å². The molecule has 94 valence electrons. The average Bonchev–Trinajstić information content (AvgIpc) is 2.29. The third-order valence-corrected chi connectivity index (χ3v) is 2.08. The van der Waals surface area contributed by atoms with Crippen molar-refractivity contribution in [3.63, 3.8) is 0 Å². The van der Waals surface area contributed by atoms with Crippen molar-refractivity contribution in [2.75, 3.05) is 13.2 Å². The molecular weight excluding hydrogens is 228 g/mol. The first-order valence-corrected chi connectivity index (χ1v) is 5.30. The van der Waals surface area contributed by atoms with Crippen LogP contribution in [0, 0.1) is 5.92 Å². The summed E-state index contributed by atoms with van der Waals surface area (Å²) in [5, 5.41) is 3.56. The standard InChI is InChI=1S/C10H14N2O5/c1-3-16-9(14)6-5-7(13)11-12-8(6)10(15)17-4-2/h6H,3-5H2,1-2H3,(H,11,13). The van der Waals surface area contributed by atoms with E-state index in [9.17, 15) is 14.4 Å². The molecule has 0 aromatic heterocycles. The molecule has 17 heavy (non-hydrogen) atoms. The quantitative estimate of drug-likeness (QED) is 0.677. The fourth-order valence-corrected chi connectivity index (χ4v) is 1.36. The Kier molecular flexibility index (Phi) is 4.62. The minimum atomic E-state index is -0.984. The number of esters is 2. The highest BCUT2D eigenvalue weighted by atomic mass is 16.5. The van der Waals surface area contributed by atoms with E-state index in [0.717, 1.165) is 0 Å². The van der Waals surface area contributed by atoms with Crippen molar-refractivity contribution in [3.05, 3.63) is 0 Å². The molecule has 0 aromatic carbocycles. The molecule has 0 aliphatic carbocycles. The first-order chi connectivity index (χ1) is 8.10. The highest BCUT2D eigenvalue weighted by Crippen LogP contribution is 2.14. The van der Waals surface area contributed by atoms with E-state index in [1.54, 1.807) is 13.8 Å². The van der Waals surface area contributed by atoms with Crippen molar-refractivity contribution in [1.82, 2.24) is 5.43 Å². The van der Waals surface area contributed by atoms with Gasteiger partial charge in [0.2, 0.25) is 5.91 Å². The van der Waals surface area contributed by atoms with E-state index in [2.05, 4.69) is 10.5 Å². The lowest BCUT2D eigenvalue weighted by Gasteiger charge is -2.19. The van der Waals surface area contributed by atoms with Gasteiger partial charge >= 0.3 is 11.9 Å². The van der Waals surface area contributed by atoms with E-state index < -0.39 is 23.8 Å². The Morgan fingerprint density at radius 3 is 2.59 bits per heavy atom. The zero-order chi connectivity index (χ0) is 12.8. The van der Waals surface area contributed by atoms with Crippen molar-refractivity contribution in [1.29, 1.82) is 0 Å². The zero-order valence-corrected chi connectivity index (χ0v) is 9.69. The summed E-state index contributed by atoms with van der Waals surface area (Å²) in [4.78, 5) is 34.2. The molecule has 1 amide bonds. The monoisotopic (exact) mass is 242 g/mol. The van der Waals surface area contributed by atoms with Gasteiger partial charge in [-0.05, 0) is 13.8 Å². The van der Waals surface area contributed by atoms with Crippen molar-refractivity contribution >= 4 is 23.6 Å². The Labute approximate surface area is 98.1 Å². The second-order valence-electron chi connectivity index (χ2n) is 3.26. The molecule has 7 heteroatoms. The van der Waals surface area contributed by atoms with Gasteiger partial charge in [0.25, 0.3) is 0 Å². The van der Waals surface area contributed by atoms with Gasteiger partial charge in [0, 0.05) is 6.42 Å².